The number of ether oxygens (including phenoxy) is 2. The van der Waals surface area contributed by atoms with Crippen LogP contribution in [0.4, 0.5) is 0 Å². The summed E-state index contributed by atoms with van der Waals surface area (Å²) in [6, 6.07) is 11.1. The number of rotatable bonds is 6. The fraction of sp³-hybridized carbons (Fsp3) is 0.267. The highest BCUT2D eigenvalue weighted by Crippen LogP contribution is 2.20. The van der Waals surface area contributed by atoms with Gasteiger partial charge < -0.3 is 9.47 Å². The first-order valence-electron chi connectivity index (χ1n) is 6.17. The van der Waals surface area contributed by atoms with Crippen LogP contribution in [0.25, 0.3) is 0 Å². The van der Waals surface area contributed by atoms with E-state index in [4.69, 9.17) is 21.1 Å². The molecule has 0 radical (unpaired) electrons. The van der Waals surface area contributed by atoms with Gasteiger partial charge in [-0.3, -0.25) is 4.79 Å². The summed E-state index contributed by atoms with van der Waals surface area (Å²) in [6.07, 6.45) is 0.616. The Morgan fingerprint density at radius 3 is 2.85 bits per heavy atom. The highest BCUT2D eigenvalue weighted by atomic mass is 35.5. The van der Waals surface area contributed by atoms with Crippen molar-refractivity contribution >= 4 is 28.9 Å². The van der Waals surface area contributed by atoms with E-state index in [1.165, 1.54) is 7.11 Å². The van der Waals surface area contributed by atoms with Crippen molar-refractivity contribution in [3.8, 4) is 5.75 Å². The lowest BCUT2D eigenvalue weighted by Crippen LogP contribution is -2.25. The first kappa shape index (κ1) is 14.9. The number of carbonyl (C=O) groups excluding carboxylic acids is 1. The normalized spacial score (nSPS) is 11.9. The second kappa shape index (κ2) is 7.31. The minimum Gasteiger partial charge on any atom is -0.493 e. The van der Waals surface area contributed by atoms with E-state index < -0.39 is 0 Å². The van der Waals surface area contributed by atoms with Crippen LogP contribution in [0.1, 0.15) is 4.88 Å². The molecule has 1 heterocycles. The predicted molar refractivity (Wildman–Crippen MR) is 80.5 cm³/mol. The number of methoxy groups -OCH3 is 1. The van der Waals surface area contributed by atoms with Gasteiger partial charge in [0.1, 0.15) is 12.4 Å². The molecule has 0 saturated heterocycles. The molecule has 0 aliphatic carbocycles. The molecule has 1 unspecified atom stereocenters. The van der Waals surface area contributed by atoms with E-state index in [0.29, 0.717) is 17.2 Å². The van der Waals surface area contributed by atoms with Gasteiger partial charge in [-0.15, -0.1) is 11.3 Å². The summed E-state index contributed by atoms with van der Waals surface area (Å²) in [5, 5.41) is 2.59. The molecule has 1 aromatic carbocycles. The summed E-state index contributed by atoms with van der Waals surface area (Å²) >= 11 is 7.51. The third-order valence-corrected chi connectivity index (χ3v) is 3.94. The van der Waals surface area contributed by atoms with Crippen molar-refractivity contribution in [1.29, 1.82) is 0 Å². The Kier molecular flexibility index (Phi) is 5.44. The summed E-state index contributed by atoms with van der Waals surface area (Å²) in [6.45, 7) is 0.269. The zero-order valence-electron chi connectivity index (χ0n) is 11.0. The van der Waals surface area contributed by atoms with Crippen molar-refractivity contribution in [1.82, 2.24) is 0 Å². The standard InChI is InChI=1S/C15H15ClO3S/c1-18-15(17)11(8-14-6-3-7-20-14)10-19-13-5-2-4-12(16)9-13/h2-7,9,11H,8,10H2,1H3. The minimum absolute atomic E-state index is 0.263. The summed E-state index contributed by atoms with van der Waals surface area (Å²) in [7, 11) is 1.39. The van der Waals surface area contributed by atoms with E-state index in [1.54, 1.807) is 23.5 Å². The third kappa shape index (κ3) is 4.25. The Bertz CT molecular complexity index is 554. The maximum absolute atomic E-state index is 11.8. The van der Waals surface area contributed by atoms with Crippen molar-refractivity contribution in [2.75, 3.05) is 13.7 Å². The Hall–Kier alpha value is -1.52. The fourth-order valence-corrected chi connectivity index (χ4v) is 2.77. The molecule has 0 bridgehead atoms. The third-order valence-electron chi connectivity index (χ3n) is 2.81. The molecule has 0 spiro atoms. The average Bonchev–Trinajstić information content (AvgIpc) is 2.95. The van der Waals surface area contributed by atoms with Crippen LogP contribution in [0.5, 0.6) is 5.75 Å². The molecule has 2 rings (SSSR count). The van der Waals surface area contributed by atoms with Gasteiger partial charge in [0.25, 0.3) is 0 Å². The van der Waals surface area contributed by atoms with Crippen molar-refractivity contribution in [2.24, 2.45) is 5.92 Å². The fourth-order valence-electron chi connectivity index (χ4n) is 1.80. The second-order valence-electron chi connectivity index (χ2n) is 4.27. The molecular weight excluding hydrogens is 296 g/mol. The van der Waals surface area contributed by atoms with E-state index >= 15 is 0 Å². The molecule has 106 valence electrons. The second-order valence-corrected chi connectivity index (χ2v) is 5.74. The Labute approximate surface area is 127 Å². The molecule has 20 heavy (non-hydrogen) atoms. The van der Waals surface area contributed by atoms with Crippen molar-refractivity contribution in [3.05, 3.63) is 51.7 Å². The number of thiophene rings is 1. The highest BCUT2D eigenvalue weighted by molar-refractivity contribution is 7.09. The van der Waals surface area contributed by atoms with Gasteiger partial charge in [-0.25, -0.2) is 0 Å². The monoisotopic (exact) mass is 310 g/mol. The van der Waals surface area contributed by atoms with Gasteiger partial charge in [-0.1, -0.05) is 23.7 Å². The molecule has 0 aliphatic heterocycles. The number of esters is 1. The molecule has 5 heteroatoms. The molecule has 0 fully saturated rings. The number of halogens is 1. The quantitative estimate of drug-likeness (QED) is 0.761. The number of hydrogen-bond acceptors (Lipinski definition) is 4. The first-order valence-corrected chi connectivity index (χ1v) is 7.43. The van der Waals surface area contributed by atoms with Crippen LogP contribution in [0.2, 0.25) is 5.02 Å². The Morgan fingerprint density at radius 1 is 1.35 bits per heavy atom. The van der Waals surface area contributed by atoms with Crippen LogP contribution in [-0.2, 0) is 16.0 Å². The van der Waals surface area contributed by atoms with E-state index in [2.05, 4.69) is 0 Å². The first-order chi connectivity index (χ1) is 9.69. The van der Waals surface area contributed by atoms with Crippen molar-refractivity contribution in [2.45, 2.75) is 6.42 Å². The van der Waals surface area contributed by atoms with E-state index in [-0.39, 0.29) is 18.5 Å². The maximum Gasteiger partial charge on any atom is 0.312 e. The average molecular weight is 311 g/mol. The minimum atomic E-state index is -0.322. The predicted octanol–water partition coefficient (Wildman–Crippen LogP) is 3.81. The van der Waals surface area contributed by atoms with Crippen molar-refractivity contribution < 1.29 is 14.3 Å². The zero-order valence-corrected chi connectivity index (χ0v) is 12.6. The molecule has 0 amide bonds. The van der Waals surface area contributed by atoms with E-state index in [0.717, 1.165) is 4.88 Å². The van der Waals surface area contributed by atoms with Gasteiger partial charge in [-0.05, 0) is 36.1 Å². The van der Waals surface area contributed by atoms with Crippen molar-refractivity contribution in [3.63, 3.8) is 0 Å². The van der Waals surface area contributed by atoms with Crippen LogP contribution >= 0.6 is 22.9 Å². The lowest BCUT2D eigenvalue weighted by molar-refractivity contribution is -0.146. The van der Waals surface area contributed by atoms with Gasteiger partial charge in [0.05, 0.1) is 13.0 Å². The van der Waals surface area contributed by atoms with Gasteiger partial charge >= 0.3 is 5.97 Å². The largest absolute Gasteiger partial charge is 0.493 e. The van der Waals surface area contributed by atoms with Gasteiger partial charge in [0.15, 0.2) is 0 Å². The smallest absolute Gasteiger partial charge is 0.312 e. The van der Waals surface area contributed by atoms with E-state index in [1.807, 2.05) is 29.6 Å². The summed E-state index contributed by atoms with van der Waals surface area (Å²) in [5.41, 5.74) is 0. The molecule has 0 aliphatic rings. The lowest BCUT2D eigenvalue weighted by Gasteiger charge is -2.15. The van der Waals surface area contributed by atoms with Gasteiger partial charge in [0.2, 0.25) is 0 Å². The SMILES string of the molecule is COC(=O)C(COc1cccc(Cl)c1)Cc1cccs1. The Balaban J connectivity index is 1.99. The molecule has 0 N–H and O–H groups in total. The molecule has 2 aromatic rings. The van der Waals surface area contributed by atoms with Crippen LogP contribution in [0.15, 0.2) is 41.8 Å². The van der Waals surface area contributed by atoms with Crippen LogP contribution < -0.4 is 4.74 Å². The van der Waals surface area contributed by atoms with E-state index in [9.17, 15) is 4.79 Å². The van der Waals surface area contributed by atoms with Gasteiger partial charge in [-0.2, -0.15) is 0 Å². The molecular formula is C15H15ClO3S. The lowest BCUT2D eigenvalue weighted by atomic mass is 10.1. The summed E-state index contributed by atoms with van der Waals surface area (Å²) in [5.74, 6) is 0.0654. The highest BCUT2D eigenvalue weighted by Gasteiger charge is 2.21. The number of benzene rings is 1. The number of carbonyl (C=O) groups is 1. The van der Waals surface area contributed by atoms with Gasteiger partial charge in [0, 0.05) is 9.90 Å². The van der Waals surface area contributed by atoms with Crippen LogP contribution in [0, 0.1) is 5.92 Å². The summed E-state index contributed by atoms with van der Waals surface area (Å²) < 4.78 is 10.5. The number of hydrogen-bond donors (Lipinski definition) is 0. The molecule has 3 nitrogen and oxygen atoms in total. The molecule has 1 atom stereocenters. The molecule has 0 saturated carbocycles. The zero-order chi connectivity index (χ0) is 14.4. The topological polar surface area (TPSA) is 35.5 Å². The maximum atomic E-state index is 11.8. The van der Waals surface area contributed by atoms with Crippen LogP contribution in [0.3, 0.4) is 0 Å². The summed E-state index contributed by atoms with van der Waals surface area (Å²) in [4.78, 5) is 12.9. The molecule has 1 aromatic heterocycles. The van der Waals surface area contributed by atoms with Crippen LogP contribution in [-0.4, -0.2) is 19.7 Å². The Morgan fingerprint density at radius 2 is 2.20 bits per heavy atom.